The SMILES string of the molecule is OCCCCCNC1CC(c2ccccc2Br)C1. The Bertz CT molecular complexity index is 363. The van der Waals surface area contributed by atoms with Gasteiger partial charge in [0, 0.05) is 17.1 Å². The topological polar surface area (TPSA) is 32.3 Å². The van der Waals surface area contributed by atoms with Gasteiger partial charge in [0.15, 0.2) is 0 Å². The van der Waals surface area contributed by atoms with E-state index in [1.165, 1.54) is 29.3 Å². The lowest BCUT2D eigenvalue weighted by Gasteiger charge is -2.37. The maximum atomic E-state index is 8.69. The van der Waals surface area contributed by atoms with Crippen LogP contribution in [-0.4, -0.2) is 24.3 Å². The molecule has 100 valence electrons. The number of aliphatic hydroxyl groups excluding tert-OH is 1. The molecule has 0 unspecified atom stereocenters. The van der Waals surface area contributed by atoms with Crippen LogP contribution < -0.4 is 5.32 Å². The molecule has 3 heteroatoms. The van der Waals surface area contributed by atoms with Gasteiger partial charge in [-0.2, -0.15) is 0 Å². The molecule has 0 aliphatic heterocycles. The van der Waals surface area contributed by atoms with Crippen LogP contribution in [0.3, 0.4) is 0 Å². The maximum absolute atomic E-state index is 8.69. The molecular weight excluding hydrogens is 290 g/mol. The average molecular weight is 312 g/mol. The second kappa shape index (κ2) is 7.27. The van der Waals surface area contributed by atoms with E-state index in [0.717, 1.165) is 25.3 Å². The Hall–Kier alpha value is -0.380. The summed E-state index contributed by atoms with van der Waals surface area (Å²) in [5, 5.41) is 12.3. The van der Waals surface area contributed by atoms with Gasteiger partial charge < -0.3 is 10.4 Å². The molecule has 1 fully saturated rings. The van der Waals surface area contributed by atoms with E-state index in [0.29, 0.717) is 12.6 Å². The van der Waals surface area contributed by atoms with Crippen molar-refractivity contribution >= 4 is 15.9 Å². The fourth-order valence-corrected chi connectivity index (χ4v) is 3.17. The molecule has 0 spiro atoms. The highest BCUT2D eigenvalue weighted by Crippen LogP contribution is 2.39. The molecular formula is C15H22BrNO. The third kappa shape index (κ3) is 3.81. The van der Waals surface area contributed by atoms with Crippen molar-refractivity contribution in [2.24, 2.45) is 0 Å². The zero-order chi connectivity index (χ0) is 12.8. The monoisotopic (exact) mass is 311 g/mol. The lowest BCUT2D eigenvalue weighted by molar-refractivity contribution is 0.273. The van der Waals surface area contributed by atoms with E-state index >= 15 is 0 Å². The summed E-state index contributed by atoms with van der Waals surface area (Å²) in [6.45, 7) is 1.42. The van der Waals surface area contributed by atoms with E-state index in [-0.39, 0.29) is 0 Å². The summed E-state index contributed by atoms with van der Waals surface area (Å²) in [6.07, 6.45) is 5.75. The molecule has 1 aromatic carbocycles. The zero-order valence-corrected chi connectivity index (χ0v) is 12.3. The van der Waals surface area contributed by atoms with Crippen molar-refractivity contribution < 1.29 is 5.11 Å². The summed E-state index contributed by atoms with van der Waals surface area (Å²) in [6, 6.07) is 9.24. The Morgan fingerprint density at radius 2 is 1.94 bits per heavy atom. The van der Waals surface area contributed by atoms with Crippen LogP contribution in [0.5, 0.6) is 0 Å². The van der Waals surface area contributed by atoms with Gasteiger partial charge in [0.2, 0.25) is 0 Å². The molecule has 1 aromatic rings. The van der Waals surface area contributed by atoms with Crippen LogP contribution in [0.25, 0.3) is 0 Å². The first-order chi connectivity index (χ1) is 8.81. The van der Waals surface area contributed by atoms with Gasteiger partial charge in [-0.15, -0.1) is 0 Å². The molecule has 0 radical (unpaired) electrons. The number of aliphatic hydroxyl groups is 1. The minimum atomic E-state index is 0.327. The van der Waals surface area contributed by atoms with Crippen LogP contribution in [0.1, 0.15) is 43.6 Å². The van der Waals surface area contributed by atoms with Gasteiger partial charge >= 0.3 is 0 Å². The third-order valence-electron chi connectivity index (χ3n) is 3.75. The van der Waals surface area contributed by atoms with Crippen LogP contribution in [0, 0.1) is 0 Å². The first-order valence-electron chi connectivity index (χ1n) is 6.90. The van der Waals surface area contributed by atoms with Crippen molar-refractivity contribution in [3.05, 3.63) is 34.3 Å². The van der Waals surface area contributed by atoms with Gasteiger partial charge in [-0.1, -0.05) is 34.1 Å². The largest absolute Gasteiger partial charge is 0.396 e. The second-order valence-electron chi connectivity index (χ2n) is 5.13. The molecule has 2 rings (SSSR count). The summed E-state index contributed by atoms with van der Waals surface area (Å²) in [5.41, 5.74) is 1.45. The predicted octanol–water partition coefficient (Wildman–Crippen LogP) is 3.45. The smallest absolute Gasteiger partial charge is 0.0431 e. The summed E-state index contributed by atoms with van der Waals surface area (Å²) in [5.74, 6) is 0.718. The van der Waals surface area contributed by atoms with Gasteiger partial charge in [0.05, 0.1) is 0 Å². The molecule has 1 aliphatic carbocycles. The Kier molecular flexibility index (Phi) is 5.67. The normalized spacial score (nSPS) is 22.8. The molecule has 2 N–H and O–H groups in total. The number of hydrogen-bond donors (Lipinski definition) is 2. The number of benzene rings is 1. The van der Waals surface area contributed by atoms with Crippen molar-refractivity contribution in [2.75, 3.05) is 13.2 Å². The minimum absolute atomic E-state index is 0.327. The first-order valence-corrected chi connectivity index (χ1v) is 7.69. The molecule has 1 saturated carbocycles. The van der Waals surface area contributed by atoms with E-state index in [2.05, 4.69) is 45.5 Å². The number of halogens is 1. The van der Waals surface area contributed by atoms with Crippen molar-refractivity contribution in [1.29, 1.82) is 0 Å². The lowest BCUT2D eigenvalue weighted by atomic mass is 9.76. The van der Waals surface area contributed by atoms with E-state index in [1.807, 2.05) is 0 Å². The van der Waals surface area contributed by atoms with Crippen molar-refractivity contribution in [3.63, 3.8) is 0 Å². The highest BCUT2D eigenvalue weighted by molar-refractivity contribution is 9.10. The summed E-state index contributed by atoms with van der Waals surface area (Å²) < 4.78 is 1.25. The molecule has 18 heavy (non-hydrogen) atoms. The Morgan fingerprint density at radius 3 is 2.67 bits per heavy atom. The van der Waals surface area contributed by atoms with Crippen LogP contribution in [0.4, 0.5) is 0 Å². The number of nitrogens with one attached hydrogen (secondary N) is 1. The van der Waals surface area contributed by atoms with Gasteiger partial charge in [-0.05, 0) is 56.2 Å². The number of rotatable bonds is 7. The maximum Gasteiger partial charge on any atom is 0.0431 e. The molecule has 0 saturated heterocycles. The Balaban J connectivity index is 1.64. The van der Waals surface area contributed by atoms with Gasteiger partial charge in [0.1, 0.15) is 0 Å². The van der Waals surface area contributed by atoms with E-state index < -0.39 is 0 Å². The summed E-state index contributed by atoms with van der Waals surface area (Å²) in [4.78, 5) is 0. The van der Waals surface area contributed by atoms with Gasteiger partial charge in [-0.3, -0.25) is 0 Å². The van der Waals surface area contributed by atoms with E-state index in [1.54, 1.807) is 0 Å². The summed E-state index contributed by atoms with van der Waals surface area (Å²) in [7, 11) is 0. The van der Waals surface area contributed by atoms with Crippen molar-refractivity contribution in [2.45, 2.75) is 44.1 Å². The van der Waals surface area contributed by atoms with Crippen LogP contribution in [-0.2, 0) is 0 Å². The fraction of sp³-hybridized carbons (Fsp3) is 0.600. The van der Waals surface area contributed by atoms with Gasteiger partial charge in [0.25, 0.3) is 0 Å². The molecule has 0 heterocycles. The number of unbranched alkanes of at least 4 members (excludes halogenated alkanes) is 2. The average Bonchev–Trinajstić information content (AvgIpc) is 2.33. The van der Waals surface area contributed by atoms with E-state index in [4.69, 9.17) is 5.11 Å². The predicted molar refractivity (Wildman–Crippen MR) is 78.8 cm³/mol. The quantitative estimate of drug-likeness (QED) is 0.756. The molecule has 0 bridgehead atoms. The summed E-state index contributed by atoms with van der Waals surface area (Å²) >= 11 is 3.63. The first kappa shape index (κ1) is 14.0. The highest BCUT2D eigenvalue weighted by Gasteiger charge is 2.30. The molecule has 0 amide bonds. The number of hydrogen-bond acceptors (Lipinski definition) is 2. The third-order valence-corrected chi connectivity index (χ3v) is 4.47. The molecule has 1 aliphatic rings. The lowest BCUT2D eigenvalue weighted by Crippen LogP contribution is -2.40. The highest BCUT2D eigenvalue weighted by atomic mass is 79.9. The van der Waals surface area contributed by atoms with Crippen molar-refractivity contribution in [1.82, 2.24) is 5.32 Å². The van der Waals surface area contributed by atoms with Gasteiger partial charge in [-0.25, -0.2) is 0 Å². The van der Waals surface area contributed by atoms with Crippen molar-refractivity contribution in [3.8, 4) is 0 Å². The molecule has 2 nitrogen and oxygen atoms in total. The molecule has 0 aromatic heterocycles. The Morgan fingerprint density at radius 1 is 1.17 bits per heavy atom. The Labute approximate surface area is 118 Å². The minimum Gasteiger partial charge on any atom is -0.396 e. The fourth-order valence-electron chi connectivity index (χ4n) is 2.56. The second-order valence-corrected chi connectivity index (χ2v) is 5.98. The van der Waals surface area contributed by atoms with Crippen LogP contribution in [0.15, 0.2) is 28.7 Å². The zero-order valence-electron chi connectivity index (χ0n) is 10.7. The van der Waals surface area contributed by atoms with E-state index in [9.17, 15) is 0 Å². The standard InChI is InChI=1S/C15H22BrNO/c16-15-7-3-2-6-14(15)12-10-13(11-12)17-8-4-1-5-9-18/h2-3,6-7,12-13,17-18H,1,4-5,8-11H2. The van der Waals surface area contributed by atoms with Crippen LogP contribution in [0.2, 0.25) is 0 Å². The van der Waals surface area contributed by atoms with Crippen LogP contribution >= 0.6 is 15.9 Å². The molecule has 0 atom stereocenters.